The molecule has 1 N–H and O–H groups in total. The van der Waals surface area contributed by atoms with Crippen molar-refractivity contribution in [3.05, 3.63) is 142 Å². The summed E-state index contributed by atoms with van der Waals surface area (Å²) >= 11 is 0. The Balaban J connectivity index is 0.000000504. The lowest BCUT2D eigenvalue weighted by molar-refractivity contribution is -0.884. The molecule has 3 aromatic heterocycles. The van der Waals surface area contributed by atoms with Gasteiger partial charge in [0.25, 0.3) is 11.5 Å². The van der Waals surface area contributed by atoms with Crippen molar-refractivity contribution in [1.82, 2.24) is 29.4 Å². The van der Waals surface area contributed by atoms with Gasteiger partial charge >= 0.3 is 6.18 Å². The van der Waals surface area contributed by atoms with Crippen LogP contribution in [0.25, 0.3) is 27.6 Å². The van der Waals surface area contributed by atoms with Crippen molar-refractivity contribution in [2.75, 3.05) is 21.1 Å². The number of aromatic nitrogens is 5. The largest absolute Gasteiger partial charge is 0.744 e. The molecule has 0 bridgehead atoms. The molecule has 0 spiro atoms. The lowest BCUT2D eigenvalue weighted by Gasteiger charge is -2.21. The van der Waals surface area contributed by atoms with E-state index in [1.54, 1.807) is 49.5 Å². The molecule has 3 heterocycles. The first-order chi connectivity index (χ1) is 25.8. The highest BCUT2D eigenvalue weighted by atomic mass is 32.2. The van der Waals surface area contributed by atoms with E-state index in [-0.39, 0.29) is 27.7 Å². The molecule has 0 unspecified atom stereocenters. The summed E-state index contributed by atoms with van der Waals surface area (Å²) in [4.78, 5) is 35.4. The van der Waals surface area contributed by atoms with Crippen LogP contribution >= 0.6 is 0 Å². The summed E-state index contributed by atoms with van der Waals surface area (Å²) in [7, 11) is 3.19. The summed E-state index contributed by atoms with van der Waals surface area (Å²) in [5.74, 6) is 0.0535. The molecule has 0 saturated carbocycles. The maximum Gasteiger partial charge on any atom is 0.416 e. The maximum absolute atomic E-state index is 14.0. The monoisotopic (exact) mass is 776 g/mol. The first kappa shape index (κ1) is 39.9. The number of hydrogen-bond acceptors (Lipinski definition) is 8. The van der Waals surface area contributed by atoms with Crippen LogP contribution in [-0.4, -0.2) is 68.6 Å². The Morgan fingerprint density at radius 1 is 1.02 bits per heavy atom. The van der Waals surface area contributed by atoms with Crippen LogP contribution in [0.15, 0.2) is 111 Å². The molecule has 0 aliphatic rings. The molecule has 14 nitrogen and oxygen atoms in total. The van der Waals surface area contributed by atoms with Crippen molar-refractivity contribution < 1.29 is 39.8 Å². The number of hydrogen-bond donors (Lipinski definition) is 1. The van der Waals surface area contributed by atoms with Crippen LogP contribution in [0, 0.1) is 6.57 Å². The van der Waals surface area contributed by atoms with Crippen LogP contribution in [0.3, 0.4) is 0 Å². The maximum atomic E-state index is 14.0. The number of carbonyl (C=O) groups is 1. The average molecular weight is 777 g/mol. The topological polar surface area (TPSA) is 161 Å². The van der Waals surface area contributed by atoms with Gasteiger partial charge in [-0.15, -0.1) is 0 Å². The molecular weight excluding hydrogens is 742 g/mol. The second kappa shape index (κ2) is 15.6. The third kappa shape index (κ3) is 9.27. The standard InChI is InChI=1S/C31H29F3N8O3.C6H6O3S/c1-19(29-36-17-24(45-29)18-42(4,5)6)38-28(43)26-27(25-14-15-37-40(25)22-12-10-21(35-2)11-13-22)39(3)41(30(26)44)23-9-7-8-20(16-23)31(32,33)34;7-10(8,9)6-4-2-1-3-5-6/h7-17,19H,18H2,1,3-6H3;1-5H,(H,7,8,9)/t19-;/m0./s1. The summed E-state index contributed by atoms with van der Waals surface area (Å²) in [5, 5.41) is 7.13. The highest BCUT2D eigenvalue weighted by Gasteiger charge is 2.33. The van der Waals surface area contributed by atoms with Crippen LogP contribution in [0.5, 0.6) is 0 Å². The molecule has 18 heteroatoms. The molecule has 1 atom stereocenters. The zero-order chi connectivity index (χ0) is 40.3. The van der Waals surface area contributed by atoms with Gasteiger partial charge in [-0.3, -0.25) is 14.3 Å². The SMILES string of the molecule is O=S(=O)([O-])c1ccccc1.[C-]#[N+]c1ccc(-n2nccc2-c2c(C(=O)N[C@@H](C)c3ncc(C[N+](C)(C)C)o3)c(=O)n(-c3cccc(C(F)(F)F)c3)n2C)cc1. The van der Waals surface area contributed by atoms with Crippen LogP contribution in [-0.2, 0) is 29.9 Å². The smallest absolute Gasteiger partial charge is 0.416 e. The third-order valence-electron chi connectivity index (χ3n) is 7.97. The molecule has 0 saturated heterocycles. The van der Waals surface area contributed by atoms with Crippen LogP contribution in [0.1, 0.15) is 40.5 Å². The second-order valence-electron chi connectivity index (χ2n) is 13.2. The Morgan fingerprint density at radius 2 is 1.69 bits per heavy atom. The van der Waals surface area contributed by atoms with Gasteiger partial charge in [0.2, 0.25) is 5.89 Å². The molecule has 286 valence electrons. The fourth-order valence-electron chi connectivity index (χ4n) is 5.55. The predicted molar refractivity (Wildman–Crippen MR) is 193 cm³/mol. The fraction of sp³-hybridized carbons (Fsp3) is 0.216. The van der Waals surface area contributed by atoms with Gasteiger partial charge in [-0.25, -0.2) is 27.6 Å². The van der Waals surface area contributed by atoms with Crippen molar-refractivity contribution in [2.45, 2.75) is 30.6 Å². The van der Waals surface area contributed by atoms with Gasteiger partial charge in [-0.05, 0) is 55.5 Å². The van der Waals surface area contributed by atoms with Gasteiger partial charge in [0.1, 0.15) is 34.0 Å². The molecule has 6 rings (SSSR count). The lowest BCUT2D eigenvalue weighted by Crippen LogP contribution is -2.33. The van der Waals surface area contributed by atoms with E-state index in [0.717, 1.165) is 16.8 Å². The molecule has 55 heavy (non-hydrogen) atoms. The molecule has 6 aromatic rings. The van der Waals surface area contributed by atoms with E-state index in [1.807, 2.05) is 21.1 Å². The summed E-state index contributed by atoms with van der Waals surface area (Å²) in [6.45, 7) is 9.43. The van der Waals surface area contributed by atoms with E-state index in [4.69, 9.17) is 11.0 Å². The number of rotatable bonds is 9. The predicted octanol–water partition coefficient (Wildman–Crippen LogP) is 5.87. The summed E-state index contributed by atoms with van der Waals surface area (Å²) in [6, 6.07) is 18.8. The van der Waals surface area contributed by atoms with Crippen LogP contribution < -0.4 is 10.9 Å². The number of nitrogens with one attached hydrogen (secondary N) is 1. The number of carbonyl (C=O) groups excluding carboxylic acids is 1. The molecule has 1 amide bonds. The summed E-state index contributed by atoms with van der Waals surface area (Å²) in [5.41, 5.74) is -0.845. The molecule has 0 fully saturated rings. The van der Waals surface area contributed by atoms with Crippen molar-refractivity contribution in [3.63, 3.8) is 0 Å². The van der Waals surface area contributed by atoms with E-state index < -0.39 is 39.4 Å². The molecule has 0 aliphatic carbocycles. The zero-order valence-corrected chi connectivity index (χ0v) is 31.0. The number of oxazole rings is 1. The minimum absolute atomic E-state index is 0.0872. The number of alkyl halides is 3. The number of nitrogens with zero attached hydrogens (tertiary/aromatic N) is 7. The van der Waals surface area contributed by atoms with Crippen LogP contribution in [0.4, 0.5) is 18.9 Å². The molecule has 0 radical (unpaired) electrons. The van der Waals surface area contributed by atoms with Gasteiger partial charge in [0.15, 0.2) is 11.4 Å². The van der Waals surface area contributed by atoms with E-state index in [2.05, 4.69) is 20.2 Å². The first-order valence-electron chi connectivity index (χ1n) is 16.4. The van der Waals surface area contributed by atoms with Gasteiger partial charge in [-0.2, -0.15) is 18.3 Å². The number of benzene rings is 3. The zero-order valence-electron chi connectivity index (χ0n) is 30.1. The lowest BCUT2D eigenvalue weighted by atomic mass is 10.1. The van der Waals surface area contributed by atoms with Crippen molar-refractivity contribution in [2.24, 2.45) is 7.05 Å². The molecule has 0 aliphatic heterocycles. The third-order valence-corrected chi connectivity index (χ3v) is 8.82. The molecular formula is C37H35F3N8O6S. The van der Waals surface area contributed by atoms with Crippen molar-refractivity contribution in [3.8, 4) is 22.8 Å². The van der Waals surface area contributed by atoms with E-state index >= 15 is 0 Å². The van der Waals surface area contributed by atoms with E-state index in [9.17, 15) is 35.7 Å². The normalized spacial score (nSPS) is 12.4. The minimum Gasteiger partial charge on any atom is -0.744 e. The van der Waals surface area contributed by atoms with Gasteiger partial charge in [0.05, 0.1) is 67.6 Å². The van der Waals surface area contributed by atoms with E-state index in [0.29, 0.717) is 33.9 Å². The summed E-state index contributed by atoms with van der Waals surface area (Å²) < 4.78 is 81.9. The van der Waals surface area contributed by atoms with Crippen molar-refractivity contribution in [1.29, 1.82) is 0 Å². The fourth-order valence-corrected chi connectivity index (χ4v) is 6.04. The summed E-state index contributed by atoms with van der Waals surface area (Å²) in [6.07, 6.45) is -1.61. The quantitative estimate of drug-likeness (QED) is 0.108. The first-order valence-corrected chi connectivity index (χ1v) is 17.8. The van der Waals surface area contributed by atoms with Crippen LogP contribution in [0.2, 0.25) is 0 Å². The van der Waals surface area contributed by atoms with E-state index in [1.165, 1.54) is 59.0 Å². The molecule has 3 aromatic carbocycles. The average Bonchev–Trinajstić information content (AvgIpc) is 3.85. The van der Waals surface area contributed by atoms with Gasteiger partial charge < -0.3 is 18.8 Å². The highest BCUT2D eigenvalue weighted by molar-refractivity contribution is 7.85. The number of halogens is 3. The minimum atomic E-state index is -4.65. The Bertz CT molecular complexity index is 2530. The second-order valence-corrected chi connectivity index (χ2v) is 14.6. The van der Waals surface area contributed by atoms with Gasteiger partial charge in [0, 0.05) is 7.05 Å². The number of quaternary nitrogens is 1. The Hall–Kier alpha value is -6.29. The van der Waals surface area contributed by atoms with Crippen molar-refractivity contribution >= 4 is 21.7 Å². The Labute approximate surface area is 313 Å². The highest BCUT2D eigenvalue weighted by Crippen LogP contribution is 2.32. The Morgan fingerprint density at radius 3 is 2.27 bits per heavy atom. The number of amides is 1. The Kier molecular flexibility index (Phi) is 11.3. The van der Waals surface area contributed by atoms with Gasteiger partial charge in [-0.1, -0.05) is 36.4 Å².